The maximum atomic E-state index is 12.7. The standard InChI is InChI=1S/C20H16N4O4/c25-18-14-7-2-1-6-13(14)17(23-24-18)19(26)22-16(20(27)28)9-11-10-21-15-8-4-3-5-12(11)15/h1-8,10,16,21H,9H2,(H,22,26)(H,24,25)(H,27,28)/p-1/t16-/m1/s1. The smallest absolute Gasteiger partial charge is 0.272 e. The fourth-order valence-electron chi connectivity index (χ4n) is 3.23. The number of carbonyl (C=O) groups is 2. The number of hydrogen-bond acceptors (Lipinski definition) is 5. The van der Waals surface area contributed by atoms with Gasteiger partial charge >= 0.3 is 0 Å². The van der Waals surface area contributed by atoms with E-state index < -0.39 is 23.5 Å². The number of amides is 1. The Hall–Kier alpha value is -3.94. The molecule has 0 aliphatic carbocycles. The second-order valence-corrected chi connectivity index (χ2v) is 6.36. The number of nitrogens with one attached hydrogen (secondary N) is 3. The van der Waals surface area contributed by atoms with E-state index in [0.717, 1.165) is 16.5 Å². The Morgan fingerprint density at radius 3 is 2.46 bits per heavy atom. The van der Waals surface area contributed by atoms with Gasteiger partial charge in [0, 0.05) is 28.9 Å². The van der Waals surface area contributed by atoms with Crippen LogP contribution in [0.1, 0.15) is 16.1 Å². The van der Waals surface area contributed by atoms with Crippen molar-refractivity contribution in [1.29, 1.82) is 0 Å². The molecule has 8 nitrogen and oxygen atoms in total. The highest BCUT2D eigenvalue weighted by Crippen LogP contribution is 2.19. The number of aliphatic carboxylic acids is 1. The van der Waals surface area contributed by atoms with Gasteiger partial charge in [0.15, 0.2) is 5.69 Å². The Balaban J connectivity index is 1.64. The van der Waals surface area contributed by atoms with Gasteiger partial charge in [0.05, 0.1) is 17.4 Å². The fourth-order valence-corrected chi connectivity index (χ4v) is 3.23. The van der Waals surface area contributed by atoms with Crippen LogP contribution >= 0.6 is 0 Å². The first-order valence-corrected chi connectivity index (χ1v) is 8.58. The zero-order valence-corrected chi connectivity index (χ0v) is 14.6. The number of para-hydroxylation sites is 1. The highest BCUT2D eigenvalue weighted by atomic mass is 16.4. The van der Waals surface area contributed by atoms with Gasteiger partial charge in [0.2, 0.25) is 0 Å². The van der Waals surface area contributed by atoms with Gasteiger partial charge in [0.25, 0.3) is 11.5 Å². The van der Waals surface area contributed by atoms with Gasteiger partial charge in [-0.15, -0.1) is 0 Å². The third-order valence-electron chi connectivity index (χ3n) is 4.60. The molecule has 140 valence electrons. The quantitative estimate of drug-likeness (QED) is 0.467. The first kappa shape index (κ1) is 17.5. The second kappa shape index (κ2) is 6.99. The number of rotatable bonds is 5. The summed E-state index contributed by atoms with van der Waals surface area (Å²) in [7, 11) is 0. The Morgan fingerprint density at radius 2 is 1.71 bits per heavy atom. The van der Waals surface area contributed by atoms with E-state index in [9.17, 15) is 19.5 Å². The first-order chi connectivity index (χ1) is 13.5. The van der Waals surface area contributed by atoms with Crippen molar-refractivity contribution in [2.24, 2.45) is 0 Å². The molecule has 0 bridgehead atoms. The minimum atomic E-state index is -1.41. The largest absolute Gasteiger partial charge is 0.548 e. The summed E-state index contributed by atoms with van der Waals surface area (Å²) in [5.74, 6) is -2.12. The van der Waals surface area contributed by atoms with Crippen LogP contribution in [0.4, 0.5) is 0 Å². The van der Waals surface area contributed by atoms with E-state index in [0.29, 0.717) is 10.8 Å². The molecule has 0 unspecified atom stereocenters. The zero-order chi connectivity index (χ0) is 19.7. The van der Waals surface area contributed by atoms with Crippen molar-refractivity contribution >= 4 is 33.6 Å². The molecule has 0 aliphatic heterocycles. The molecular weight excluding hydrogens is 360 g/mol. The molecule has 0 spiro atoms. The zero-order valence-electron chi connectivity index (χ0n) is 14.6. The van der Waals surface area contributed by atoms with Crippen molar-refractivity contribution in [2.75, 3.05) is 0 Å². The normalized spacial score (nSPS) is 12.1. The SMILES string of the molecule is O=C(N[C@H](Cc1c[nH]c2ccccc12)C(=O)[O-])c1n[nH]c(=O)c2ccccc12. The van der Waals surface area contributed by atoms with Crippen LogP contribution in [0.25, 0.3) is 21.7 Å². The van der Waals surface area contributed by atoms with Gasteiger partial charge in [-0.25, -0.2) is 5.10 Å². The van der Waals surface area contributed by atoms with Gasteiger partial charge in [-0.2, -0.15) is 5.10 Å². The third kappa shape index (κ3) is 3.11. The molecule has 4 rings (SSSR count). The van der Waals surface area contributed by atoms with Crippen LogP contribution in [0.5, 0.6) is 0 Å². The summed E-state index contributed by atoms with van der Waals surface area (Å²) in [6, 6.07) is 12.7. The van der Waals surface area contributed by atoms with Gasteiger partial charge in [-0.05, 0) is 17.7 Å². The van der Waals surface area contributed by atoms with E-state index >= 15 is 0 Å². The highest BCUT2D eigenvalue weighted by molar-refractivity contribution is 6.05. The molecule has 0 fully saturated rings. The number of H-pyrrole nitrogens is 2. The van der Waals surface area contributed by atoms with Crippen LogP contribution in [0.15, 0.2) is 59.5 Å². The first-order valence-electron chi connectivity index (χ1n) is 8.58. The number of hydrogen-bond donors (Lipinski definition) is 3. The Bertz CT molecular complexity index is 1260. The Morgan fingerprint density at radius 1 is 1.04 bits per heavy atom. The van der Waals surface area contributed by atoms with Gasteiger partial charge < -0.3 is 20.2 Å². The molecule has 0 saturated carbocycles. The number of carbonyl (C=O) groups excluding carboxylic acids is 2. The third-order valence-corrected chi connectivity index (χ3v) is 4.60. The molecule has 4 aromatic rings. The number of aromatic amines is 2. The summed E-state index contributed by atoms with van der Waals surface area (Å²) < 4.78 is 0. The van der Waals surface area contributed by atoms with E-state index in [1.807, 2.05) is 24.3 Å². The fraction of sp³-hybridized carbons (Fsp3) is 0.100. The van der Waals surface area contributed by atoms with Crippen molar-refractivity contribution in [3.8, 4) is 0 Å². The van der Waals surface area contributed by atoms with Gasteiger partial charge in [0.1, 0.15) is 0 Å². The lowest BCUT2D eigenvalue weighted by Gasteiger charge is -2.19. The number of fused-ring (bicyclic) bond motifs is 2. The number of nitrogens with zero attached hydrogens (tertiary/aromatic N) is 1. The monoisotopic (exact) mass is 375 g/mol. The lowest BCUT2D eigenvalue weighted by molar-refractivity contribution is -0.308. The molecule has 2 aromatic carbocycles. The van der Waals surface area contributed by atoms with E-state index in [-0.39, 0.29) is 12.1 Å². The topological polar surface area (TPSA) is 131 Å². The summed E-state index contributed by atoms with van der Waals surface area (Å²) >= 11 is 0. The van der Waals surface area contributed by atoms with E-state index in [4.69, 9.17) is 0 Å². The number of aromatic nitrogens is 3. The minimum absolute atomic E-state index is 0.0410. The van der Waals surface area contributed by atoms with Crippen LogP contribution in [0.3, 0.4) is 0 Å². The molecule has 3 N–H and O–H groups in total. The van der Waals surface area contributed by atoms with Crippen molar-refractivity contribution in [3.05, 3.63) is 76.3 Å². The number of benzene rings is 2. The molecule has 28 heavy (non-hydrogen) atoms. The van der Waals surface area contributed by atoms with Crippen molar-refractivity contribution < 1.29 is 14.7 Å². The maximum absolute atomic E-state index is 12.7. The lowest BCUT2D eigenvalue weighted by atomic mass is 10.0. The van der Waals surface area contributed by atoms with Crippen molar-refractivity contribution in [2.45, 2.75) is 12.5 Å². The summed E-state index contributed by atoms with van der Waals surface area (Å²) in [6.07, 6.45) is 1.75. The summed E-state index contributed by atoms with van der Waals surface area (Å²) in [5, 5.41) is 21.6. The lowest BCUT2D eigenvalue weighted by Crippen LogP contribution is -2.49. The second-order valence-electron chi connectivity index (χ2n) is 6.36. The van der Waals surface area contributed by atoms with Crippen molar-refractivity contribution in [1.82, 2.24) is 20.5 Å². The summed E-state index contributed by atoms with van der Waals surface area (Å²) in [6.45, 7) is 0. The van der Waals surface area contributed by atoms with Crippen molar-refractivity contribution in [3.63, 3.8) is 0 Å². The molecule has 2 heterocycles. The molecule has 2 aromatic heterocycles. The summed E-state index contributed by atoms with van der Waals surface area (Å²) in [4.78, 5) is 39.2. The van der Waals surface area contributed by atoms with Gasteiger partial charge in [-0.1, -0.05) is 36.4 Å². The van der Waals surface area contributed by atoms with E-state index in [2.05, 4.69) is 20.5 Å². The molecule has 0 aliphatic rings. The molecule has 8 heteroatoms. The average Bonchev–Trinajstić information content (AvgIpc) is 3.11. The van der Waals surface area contributed by atoms with Crippen LogP contribution in [-0.4, -0.2) is 33.1 Å². The Kier molecular flexibility index (Phi) is 4.36. The van der Waals surface area contributed by atoms with Gasteiger partial charge in [-0.3, -0.25) is 9.59 Å². The maximum Gasteiger partial charge on any atom is 0.272 e. The number of carboxylic acid groups (broad SMARTS) is 1. The molecule has 1 atom stereocenters. The van der Waals surface area contributed by atoms with Crippen LogP contribution in [0.2, 0.25) is 0 Å². The van der Waals surface area contributed by atoms with Crippen LogP contribution in [-0.2, 0) is 11.2 Å². The highest BCUT2D eigenvalue weighted by Gasteiger charge is 2.20. The van der Waals surface area contributed by atoms with E-state index in [1.54, 1.807) is 30.5 Å². The average molecular weight is 375 g/mol. The molecule has 0 radical (unpaired) electrons. The predicted octanol–water partition coefficient (Wildman–Crippen LogP) is 0.495. The molecular formula is C20H15N4O4-. The minimum Gasteiger partial charge on any atom is -0.548 e. The van der Waals surface area contributed by atoms with Crippen LogP contribution in [0, 0.1) is 0 Å². The summed E-state index contributed by atoms with van der Waals surface area (Å²) in [5.41, 5.74) is 1.13. The Labute approximate surface area is 158 Å². The molecule has 0 saturated heterocycles. The molecule has 1 amide bonds. The predicted molar refractivity (Wildman–Crippen MR) is 101 cm³/mol. The van der Waals surface area contributed by atoms with Crippen LogP contribution < -0.4 is 16.0 Å². The van der Waals surface area contributed by atoms with E-state index in [1.165, 1.54) is 0 Å². The number of carboxylic acids is 1.